The lowest BCUT2D eigenvalue weighted by Crippen LogP contribution is -2.30. The van der Waals surface area contributed by atoms with Crippen LogP contribution in [0.15, 0.2) is 61.2 Å². The Morgan fingerprint density at radius 3 is 2.41 bits per heavy atom. The molecule has 0 saturated heterocycles. The van der Waals surface area contributed by atoms with Crippen LogP contribution in [0, 0.1) is 11.3 Å². The van der Waals surface area contributed by atoms with Crippen LogP contribution >= 0.6 is 0 Å². The minimum atomic E-state index is -0.0494. The van der Waals surface area contributed by atoms with Gasteiger partial charge in [0, 0.05) is 18.7 Å². The Bertz CT molecular complexity index is 813. The highest BCUT2D eigenvalue weighted by atomic mass is 16.5. The van der Waals surface area contributed by atoms with Gasteiger partial charge in [0.05, 0.1) is 17.7 Å². The van der Waals surface area contributed by atoms with Crippen LogP contribution in [0.5, 0.6) is 5.75 Å². The van der Waals surface area contributed by atoms with Crippen LogP contribution in [0.4, 0.5) is 0 Å². The highest BCUT2D eigenvalue weighted by molar-refractivity contribution is 5.94. The third-order valence-corrected chi connectivity index (χ3v) is 4.80. The summed E-state index contributed by atoms with van der Waals surface area (Å²) in [5, 5.41) is 8.91. The van der Waals surface area contributed by atoms with Crippen LogP contribution < -0.4 is 4.74 Å². The molecule has 0 bridgehead atoms. The first kappa shape index (κ1) is 18.7. The van der Waals surface area contributed by atoms with E-state index in [-0.39, 0.29) is 5.91 Å². The molecular formula is C23H24N2O2. The van der Waals surface area contributed by atoms with Gasteiger partial charge in [0.25, 0.3) is 5.91 Å². The molecule has 0 unspecified atom stereocenters. The van der Waals surface area contributed by atoms with Gasteiger partial charge in [-0.2, -0.15) is 5.26 Å². The number of hydrogen-bond donors (Lipinski definition) is 0. The molecule has 138 valence electrons. The van der Waals surface area contributed by atoms with E-state index in [4.69, 9.17) is 10.00 Å². The lowest BCUT2D eigenvalue weighted by Gasteiger charge is -2.22. The Kier molecular flexibility index (Phi) is 6.27. The highest BCUT2D eigenvalue weighted by Crippen LogP contribution is 2.24. The summed E-state index contributed by atoms with van der Waals surface area (Å²) in [6, 6.07) is 16.8. The molecule has 1 amide bonds. The molecule has 0 atom stereocenters. The molecule has 4 nitrogen and oxygen atoms in total. The summed E-state index contributed by atoms with van der Waals surface area (Å²) in [5.41, 5.74) is 2.22. The van der Waals surface area contributed by atoms with E-state index in [0.717, 1.165) is 24.2 Å². The fraction of sp³-hybridized carbons (Fsp3) is 0.304. The first-order valence-corrected chi connectivity index (χ1v) is 9.35. The normalized spacial score (nSPS) is 13.7. The zero-order valence-corrected chi connectivity index (χ0v) is 15.4. The van der Waals surface area contributed by atoms with Crippen molar-refractivity contribution in [3.8, 4) is 11.8 Å². The highest BCUT2D eigenvalue weighted by Gasteiger charge is 2.18. The van der Waals surface area contributed by atoms with E-state index in [2.05, 4.69) is 12.6 Å². The first-order chi connectivity index (χ1) is 13.2. The summed E-state index contributed by atoms with van der Waals surface area (Å²) in [6.45, 7) is 4.69. The van der Waals surface area contributed by atoms with Crippen molar-refractivity contribution in [2.75, 3.05) is 6.54 Å². The monoisotopic (exact) mass is 360 g/mol. The van der Waals surface area contributed by atoms with Gasteiger partial charge in [-0.3, -0.25) is 4.79 Å². The third-order valence-electron chi connectivity index (χ3n) is 4.80. The summed E-state index contributed by atoms with van der Waals surface area (Å²) in [7, 11) is 0. The van der Waals surface area contributed by atoms with E-state index in [1.54, 1.807) is 23.1 Å². The van der Waals surface area contributed by atoms with Crippen LogP contribution in [-0.4, -0.2) is 23.5 Å². The maximum atomic E-state index is 12.9. The van der Waals surface area contributed by atoms with Crippen LogP contribution in [-0.2, 0) is 6.54 Å². The maximum absolute atomic E-state index is 12.9. The second-order valence-corrected chi connectivity index (χ2v) is 6.83. The Morgan fingerprint density at radius 2 is 1.81 bits per heavy atom. The van der Waals surface area contributed by atoms with Gasteiger partial charge >= 0.3 is 0 Å². The molecule has 27 heavy (non-hydrogen) atoms. The predicted octanol–water partition coefficient (Wildman–Crippen LogP) is 4.71. The number of hydrogen-bond acceptors (Lipinski definition) is 3. The van der Waals surface area contributed by atoms with Crippen molar-refractivity contribution in [1.29, 1.82) is 5.26 Å². The van der Waals surface area contributed by atoms with Gasteiger partial charge < -0.3 is 9.64 Å². The minimum Gasteiger partial charge on any atom is -0.490 e. The molecule has 0 N–H and O–H groups in total. The van der Waals surface area contributed by atoms with Crippen molar-refractivity contribution in [1.82, 2.24) is 4.90 Å². The number of nitriles is 1. The van der Waals surface area contributed by atoms with E-state index >= 15 is 0 Å². The van der Waals surface area contributed by atoms with Crippen molar-refractivity contribution in [3.63, 3.8) is 0 Å². The lowest BCUT2D eigenvalue weighted by atomic mass is 10.1. The number of benzene rings is 2. The standard InChI is InChI=1S/C23H24N2O2/c1-2-15-25(17-19-9-7-18(16-24)8-10-19)23(26)20-11-13-22(14-12-20)27-21-5-3-4-6-21/h2,7-14,21H,1,3-6,15,17H2. The van der Waals surface area contributed by atoms with Crippen LogP contribution in [0.1, 0.15) is 47.2 Å². The molecule has 0 heterocycles. The summed E-state index contributed by atoms with van der Waals surface area (Å²) in [4.78, 5) is 14.6. The molecule has 0 aliphatic heterocycles. The van der Waals surface area contributed by atoms with Crippen molar-refractivity contribution in [2.24, 2.45) is 0 Å². The Hall–Kier alpha value is -3.06. The first-order valence-electron chi connectivity index (χ1n) is 9.35. The molecule has 1 aliphatic carbocycles. The number of ether oxygens (including phenoxy) is 1. The Morgan fingerprint density at radius 1 is 1.15 bits per heavy atom. The van der Waals surface area contributed by atoms with Gasteiger partial charge in [-0.25, -0.2) is 0 Å². The SMILES string of the molecule is C=CCN(Cc1ccc(C#N)cc1)C(=O)c1ccc(OC2CCCC2)cc1. The van der Waals surface area contributed by atoms with Gasteiger partial charge in [-0.15, -0.1) is 6.58 Å². The van der Waals surface area contributed by atoms with Gasteiger partial charge in [0.15, 0.2) is 0 Å². The van der Waals surface area contributed by atoms with E-state index in [9.17, 15) is 4.79 Å². The lowest BCUT2D eigenvalue weighted by molar-refractivity contribution is 0.0762. The molecule has 1 saturated carbocycles. The minimum absolute atomic E-state index is 0.0494. The number of amides is 1. The quantitative estimate of drug-likeness (QED) is 0.672. The molecule has 1 fully saturated rings. The van der Waals surface area contributed by atoms with Crippen molar-refractivity contribution in [2.45, 2.75) is 38.3 Å². The molecule has 3 rings (SSSR count). The largest absolute Gasteiger partial charge is 0.490 e. The van der Waals surface area contributed by atoms with Gasteiger partial charge in [-0.1, -0.05) is 18.2 Å². The van der Waals surface area contributed by atoms with Crippen LogP contribution in [0.25, 0.3) is 0 Å². The van der Waals surface area contributed by atoms with Crippen molar-refractivity contribution in [3.05, 3.63) is 77.9 Å². The zero-order valence-electron chi connectivity index (χ0n) is 15.4. The molecule has 2 aromatic rings. The van der Waals surface area contributed by atoms with E-state index < -0.39 is 0 Å². The molecule has 1 aliphatic rings. The number of carbonyl (C=O) groups is 1. The molecular weight excluding hydrogens is 336 g/mol. The van der Waals surface area contributed by atoms with Gasteiger partial charge in [0.2, 0.25) is 0 Å². The van der Waals surface area contributed by atoms with Crippen molar-refractivity contribution < 1.29 is 9.53 Å². The number of nitrogens with zero attached hydrogens (tertiary/aromatic N) is 2. The van der Waals surface area contributed by atoms with E-state index in [1.807, 2.05) is 36.4 Å². The Balaban J connectivity index is 1.67. The maximum Gasteiger partial charge on any atom is 0.254 e. The average Bonchev–Trinajstić information content (AvgIpc) is 3.21. The fourth-order valence-corrected chi connectivity index (χ4v) is 3.34. The molecule has 2 aromatic carbocycles. The summed E-state index contributed by atoms with van der Waals surface area (Å²) < 4.78 is 5.97. The van der Waals surface area contributed by atoms with Crippen LogP contribution in [0.3, 0.4) is 0 Å². The van der Waals surface area contributed by atoms with Crippen LogP contribution in [0.2, 0.25) is 0 Å². The zero-order chi connectivity index (χ0) is 19.1. The summed E-state index contributed by atoms with van der Waals surface area (Å²) >= 11 is 0. The Labute approximate surface area is 160 Å². The van der Waals surface area contributed by atoms with E-state index in [1.165, 1.54) is 12.8 Å². The van der Waals surface area contributed by atoms with Gasteiger partial charge in [0.1, 0.15) is 5.75 Å². The number of carbonyl (C=O) groups excluding carboxylic acids is 1. The summed E-state index contributed by atoms with van der Waals surface area (Å²) in [5.74, 6) is 0.771. The average molecular weight is 360 g/mol. The molecule has 0 aromatic heterocycles. The smallest absolute Gasteiger partial charge is 0.254 e. The molecule has 0 spiro atoms. The predicted molar refractivity (Wildman–Crippen MR) is 105 cm³/mol. The number of rotatable bonds is 7. The second kappa shape index (κ2) is 9.05. The fourth-order valence-electron chi connectivity index (χ4n) is 3.34. The topological polar surface area (TPSA) is 53.3 Å². The van der Waals surface area contributed by atoms with Gasteiger partial charge in [-0.05, 0) is 67.6 Å². The van der Waals surface area contributed by atoms with E-state index in [0.29, 0.717) is 30.3 Å². The molecule has 4 heteroatoms. The van der Waals surface area contributed by atoms with Crippen molar-refractivity contribution >= 4 is 5.91 Å². The molecule has 0 radical (unpaired) electrons. The second-order valence-electron chi connectivity index (χ2n) is 6.83. The third kappa shape index (κ3) is 4.98. The summed E-state index contributed by atoms with van der Waals surface area (Å²) in [6.07, 6.45) is 6.70.